The van der Waals surface area contributed by atoms with Gasteiger partial charge in [-0.05, 0) is 12.1 Å². The van der Waals surface area contributed by atoms with E-state index in [4.69, 9.17) is 14.2 Å². The fraction of sp³-hybridized carbons (Fsp3) is 0.238. The number of benzene rings is 2. The number of ketones is 1. The van der Waals surface area contributed by atoms with Gasteiger partial charge >= 0.3 is 17.9 Å². The molecule has 0 spiro atoms. The van der Waals surface area contributed by atoms with Crippen molar-refractivity contribution in [1.29, 1.82) is 0 Å². The van der Waals surface area contributed by atoms with Gasteiger partial charge in [-0.2, -0.15) is 0 Å². The zero-order chi connectivity index (χ0) is 21.0. The van der Waals surface area contributed by atoms with Crippen molar-refractivity contribution >= 4 is 29.4 Å². The molecule has 0 fully saturated rings. The first-order valence-corrected chi connectivity index (χ1v) is 8.86. The Hall–Kier alpha value is -3.68. The average molecular weight is 395 g/mol. The van der Waals surface area contributed by atoms with Gasteiger partial charge in [-0.3, -0.25) is 19.2 Å². The van der Waals surface area contributed by atoms with Gasteiger partial charge in [0.2, 0.25) is 11.4 Å². The van der Waals surface area contributed by atoms with Gasteiger partial charge in [0.15, 0.2) is 0 Å². The second-order valence-corrected chi connectivity index (χ2v) is 6.85. The van der Waals surface area contributed by atoms with Crippen molar-refractivity contribution in [3.8, 4) is 5.75 Å². The fourth-order valence-corrected chi connectivity index (χ4v) is 4.12. The fourth-order valence-electron chi connectivity index (χ4n) is 4.12. The number of carbonyl (C=O) groups excluding carboxylic acids is 4. The molecule has 29 heavy (non-hydrogen) atoms. The number of ether oxygens (including phenoxy) is 3. The van der Waals surface area contributed by atoms with Crippen LogP contribution >= 0.6 is 0 Å². The second kappa shape index (κ2) is 6.16. The van der Waals surface area contributed by atoms with Gasteiger partial charge < -0.3 is 19.5 Å². The lowest BCUT2D eigenvalue weighted by Gasteiger charge is -2.37. The molecule has 0 saturated carbocycles. The summed E-state index contributed by atoms with van der Waals surface area (Å²) in [6.45, 7) is 3.64. The largest absolute Gasteiger partial charge is 0.442 e. The molecule has 2 atom stereocenters. The van der Waals surface area contributed by atoms with Crippen molar-refractivity contribution in [2.24, 2.45) is 0 Å². The molecular weight excluding hydrogens is 378 g/mol. The molecule has 0 radical (unpaired) electrons. The molecule has 148 valence electrons. The van der Waals surface area contributed by atoms with Crippen LogP contribution in [0.3, 0.4) is 0 Å². The maximum Gasteiger partial charge on any atom is 0.308 e. The van der Waals surface area contributed by atoms with E-state index in [9.17, 15) is 19.2 Å². The van der Waals surface area contributed by atoms with E-state index in [1.54, 1.807) is 30.3 Å². The van der Waals surface area contributed by atoms with Crippen molar-refractivity contribution in [3.05, 3.63) is 59.2 Å². The van der Waals surface area contributed by atoms with Crippen LogP contribution in [0, 0.1) is 0 Å². The predicted octanol–water partition coefficient (Wildman–Crippen LogP) is 2.30. The zero-order valence-corrected chi connectivity index (χ0v) is 15.9. The minimum Gasteiger partial charge on any atom is -0.442 e. The Balaban J connectivity index is 2.03. The zero-order valence-electron chi connectivity index (χ0n) is 15.9. The highest BCUT2D eigenvalue weighted by Crippen LogP contribution is 2.59. The third-order valence-electron chi connectivity index (χ3n) is 4.90. The summed E-state index contributed by atoms with van der Waals surface area (Å²) in [5.41, 5.74) is -2.31. The molecule has 2 aromatic carbocycles. The summed E-state index contributed by atoms with van der Waals surface area (Å²) in [7, 11) is 0. The maximum absolute atomic E-state index is 13.4. The summed E-state index contributed by atoms with van der Waals surface area (Å²) >= 11 is 0. The number of nitrogens with one attached hydrogen (secondary N) is 1. The van der Waals surface area contributed by atoms with E-state index in [0.717, 1.165) is 0 Å². The highest BCUT2D eigenvalue weighted by molar-refractivity contribution is 6.13. The number of Topliss-reactive ketones (excluding diaryl/α,β-unsaturated/α-hetero) is 1. The summed E-state index contributed by atoms with van der Waals surface area (Å²) in [5, 5.41) is 2.94. The van der Waals surface area contributed by atoms with Crippen molar-refractivity contribution in [2.75, 3.05) is 5.32 Å². The van der Waals surface area contributed by atoms with Crippen LogP contribution in [0.5, 0.6) is 5.75 Å². The Bertz CT molecular complexity index is 1090. The SMILES string of the molecule is CC(=O)Oc1ccc2c(c1)N[C@]1(OC(C)=O)C(=O)c3ccccc3[C@@]21OC(C)=O. The molecule has 0 bridgehead atoms. The number of esters is 3. The number of anilines is 1. The summed E-state index contributed by atoms with van der Waals surface area (Å²) in [6.07, 6.45) is 0. The molecule has 8 heteroatoms. The second-order valence-electron chi connectivity index (χ2n) is 6.85. The molecule has 0 amide bonds. The van der Waals surface area contributed by atoms with Crippen molar-refractivity contribution < 1.29 is 33.4 Å². The smallest absolute Gasteiger partial charge is 0.308 e. The summed E-state index contributed by atoms with van der Waals surface area (Å²) < 4.78 is 16.4. The molecule has 1 aliphatic carbocycles. The third kappa shape index (κ3) is 2.45. The van der Waals surface area contributed by atoms with Crippen LogP contribution in [0.1, 0.15) is 42.3 Å². The van der Waals surface area contributed by atoms with Crippen molar-refractivity contribution in [2.45, 2.75) is 32.1 Å². The third-order valence-corrected chi connectivity index (χ3v) is 4.90. The molecule has 0 saturated heterocycles. The Labute approximate surface area is 165 Å². The lowest BCUT2D eigenvalue weighted by molar-refractivity contribution is -0.184. The lowest BCUT2D eigenvalue weighted by atomic mass is 9.84. The van der Waals surface area contributed by atoms with E-state index < -0.39 is 35.0 Å². The maximum atomic E-state index is 13.4. The molecular formula is C21H17NO7. The monoisotopic (exact) mass is 395 g/mol. The van der Waals surface area contributed by atoms with Crippen LogP contribution in [0.15, 0.2) is 42.5 Å². The van der Waals surface area contributed by atoms with Gasteiger partial charge in [-0.15, -0.1) is 0 Å². The van der Waals surface area contributed by atoms with Crippen LogP contribution in [0.2, 0.25) is 0 Å². The van der Waals surface area contributed by atoms with Crippen LogP contribution in [-0.2, 0) is 29.5 Å². The van der Waals surface area contributed by atoms with Crippen LogP contribution < -0.4 is 10.1 Å². The molecule has 0 unspecified atom stereocenters. The number of hydrogen-bond donors (Lipinski definition) is 1. The van der Waals surface area contributed by atoms with E-state index in [-0.39, 0.29) is 11.3 Å². The van der Waals surface area contributed by atoms with Gasteiger partial charge in [0.05, 0.1) is 0 Å². The van der Waals surface area contributed by atoms with Gasteiger partial charge in [0.1, 0.15) is 5.75 Å². The van der Waals surface area contributed by atoms with Gasteiger partial charge in [0, 0.05) is 49.2 Å². The Morgan fingerprint density at radius 2 is 1.55 bits per heavy atom. The lowest BCUT2D eigenvalue weighted by Crippen LogP contribution is -2.58. The topological polar surface area (TPSA) is 108 Å². The van der Waals surface area contributed by atoms with E-state index in [1.807, 2.05) is 0 Å². The minimum absolute atomic E-state index is 0.223. The molecule has 2 aromatic rings. The average Bonchev–Trinajstić information content (AvgIpc) is 2.99. The summed E-state index contributed by atoms with van der Waals surface area (Å²) in [4.78, 5) is 48.9. The molecule has 1 aliphatic heterocycles. The van der Waals surface area contributed by atoms with Crippen LogP contribution in [0.25, 0.3) is 0 Å². The predicted molar refractivity (Wildman–Crippen MR) is 99.2 cm³/mol. The Kier molecular flexibility index (Phi) is 3.97. The van der Waals surface area contributed by atoms with Crippen molar-refractivity contribution in [3.63, 3.8) is 0 Å². The summed E-state index contributed by atoms with van der Waals surface area (Å²) in [6, 6.07) is 11.2. The van der Waals surface area contributed by atoms with E-state index in [1.165, 1.54) is 32.9 Å². The first-order chi connectivity index (χ1) is 13.7. The van der Waals surface area contributed by atoms with Gasteiger partial charge in [-0.1, -0.05) is 24.3 Å². The normalized spacial score (nSPS) is 23.3. The molecule has 1 N–H and O–H groups in total. The minimum atomic E-state index is -2.01. The van der Waals surface area contributed by atoms with Crippen molar-refractivity contribution in [1.82, 2.24) is 0 Å². The standard InChI is InChI=1S/C21H17NO7/c1-11(23)27-14-8-9-17-18(10-14)22-21(29-13(3)25)19(26)15-6-4-5-7-16(15)20(17,21)28-12(2)24/h4-10,22H,1-3H3/t20-,21+/m1/s1. The van der Waals surface area contributed by atoms with Crippen LogP contribution in [-0.4, -0.2) is 29.4 Å². The first kappa shape index (κ1) is 18.7. The summed E-state index contributed by atoms with van der Waals surface area (Å²) in [5.74, 6) is -2.24. The molecule has 0 aromatic heterocycles. The first-order valence-electron chi connectivity index (χ1n) is 8.86. The molecule has 8 nitrogen and oxygen atoms in total. The molecule has 1 heterocycles. The molecule has 4 rings (SSSR count). The van der Waals surface area contributed by atoms with Gasteiger partial charge in [-0.25, -0.2) is 0 Å². The Morgan fingerprint density at radius 1 is 0.862 bits per heavy atom. The number of carbonyl (C=O) groups is 4. The number of hydrogen-bond acceptors (Lipinski definition) is 8. The highest BCUT2D eigenvalue weighted by Gasteiger charge is 2.74. The Morgan fingerprint density at radius 3 is 2.21 bits per heavy atom. The number of fused-ring (bicyclic) bond motifs is 5. The van der Waals surface area contributed by atoms with E-state index in [2.05, 4.69) is 5.32 Å². The highest BCUT2D eigenvalue weighted by atomic mass is 16.6. The van der Waals surface area contributed by atoms with E-state index >= 15 is 0 Å². The van der Waals surface area contributed by atoms with Crippen LogP contribution in [0.4, 0.5) is 5.69 Å². The quantitative estimate of drug-likeness (QED) is 0.623. The van der Waals surface area contributed by atoms with E-state index in [0.29, 0.717) is 16.8 Å². The molecule has 2 aliphatic rings. The van der Waals surface area contributed by atoms with Gasteiger partial charge in [0.25, 0.3) is 5.72 Å². The number of rotatable bonds is 3.